The minimum atomic E-state index is -3.62. The summed E-state index contributed by atoms with van der Waals surface area (Å²) in [5, 5.41) is 9.98. The van der Waals surface area contributed by atoms with Crippen molar-refractivity contribution >= 4 is 11.9 Å². The van der Waals surface area contributed by atoms with Gasteiger partial charge in [0, 0.05) is 12.8 Å². The fraction of sp³-hybridized carbons (Fsp3) is 0.795. The molecule has 0 radical (unpaired) electrons. The highest BCUT2D eigenvalue weighted by atomic mass is 16.6. The van der Waals surface area contributed by atoms with Gasteiger partial charge in [-0.1, -0.05) is 134 Å². The SMILES string of the molecule is [2H]C([2H])(O)C([2H])(OC(=O)CCCCCCC/C=C\CCCCCCCC)C([2H])([2H])OC(=O)CCCCCCC/C=C\C/C=C\CCCCC. The Hall–Kier alpha value is -1.88. The largest absolute Gasteiger partial charge is 0.462 e. The number of unbranched alkanes of at least 4 members (excludes halogenated alkanes) is 19. The lowest BCUT2D eigenvalue weighted by Gasteiger charge is -2.15. The molecule has 0 rings (SSSR count). The zero-order valence-electron chi connectivity index (χ0n) is 33.4. The minimum Gasteiger partial charge on any atom is -0.462 e. The van der Waals surface area contributed by atoms with Crippen molar-refractivity contribution in [2.24, 2.45) is 0 Å². The van der Waals surface area contributed by atoms with E-state index in [4.69, 9.17) is 16.3 Å². The quantitative estimate of drug-likeness (QED) is 0.0447. The normalized spacial score (nSPS) is 15.6. The molecule has 1 unspecified atom stereocenters. The molecule has 5 nitrogen and oxygen atoms in total. The summed E-state index contributed by atoms with van der Waals surface area (Å²) >= 11 is 0. The Morgan fingerprint density at radius 2 is 0.977 bits per heavy atom. The van der Waals surface area contributed by atoms with Crippen LogP contribution >= 0.6 is 0 Å². The monoisotopic (exact) mass is 624 g/mol. The Morgan fingerprint density at radius 1 is 0.591 bits per heavy atom. The van der Waals surface area contributed by atoms with Crippen LogP contribution in [0.2, 0.25) is 0 Å². The summed E-state index contributed by atoms with van der Waals surface area (Å²) in [7, 11) is 0. The summed E-state index contributed by atoms with van der Waals surface area (Å²) in [5.74, 6) is -2.01. The van der Waals surface area contributed by atoms with Crippen molar-refractivity contribution in [2.75, 3.05) is 13.1 Å². The smallest absolute Gasteiger partial charge is 0.306 e. The number of hydrogen-bond acceptors (Lipinski definition) is 5. The van der Waals surface area contributed by atoms with E-state index in [0.29, 0.717) is 12.8 Å². The van der Waals surface area contributed by atoms with E-state index < -0.39 is 31.1 Å². The lowest BCUT2D eigenvalue weighted by atomic mass is 10.1. The maximum absolute atomic E-state index is 12.5. The molecule has 0 saturated carbocycles. The highest BCUT2D eigenvalue weighted by Gasteiger charge is 2.16. The van der Waals surface area contributed by atoms with Gasteiger partial charge in [-0.05, 0) is 70.6 Å². The van der Waals surface area contributed by atoms with Gasteiger partial charge in [-0.15, -0.1) is 0 Å². The second-order valence-corrected chi connectivity index (χ2v) is 11.8. The Balaban J connectivity index is 4.27. The van der Waals surface area contributed by atoms with Crippen LogP contribution in [0, 0.1) is 0 Å². The second-order valence-electron chi connectivity index (χ2n) is 11.8. The van der Waals surface area contributed by atoms with Gasteiger partial charge in [0.05, 0.1) is 13.4 Å². The number of carbonyl (C=O) groups excluding carboxylic acids is 2. The Bertz CT molecular complexity index is 916. The predicted molar refractivity (Wildman–Crippen MR) is 187 cm³/mol. The molecule has 0 aromatic heterocycles. The molecule has 0 heterocycles. The highest BCUT2D eigenvalue weighted by molar-refractivity contribution is 5.70. The zero-order chi connectivity index (χ0) is 36.7. The predicted octanol–water partition coefficient (Wildman–Crippen LogP) is 11.3. The van der Waals surface area contributed by atoms with Gasteiger partial charge in [0.25, 0.3) is 0 Å². The third kappa shape index (κ3) is 33.0. The van der Waals surface area contributed by atoms with Crippen LogP contribution in [0.5, 0.6) is 0 Å². The molecule has 0 saturated heterocycles. The van der Waals surface area contributed by atoms with Crippen LogP contribution in [-0.4, -0.2) is 36.2 Å². The maximum atomic E-state index is 12.5. The van der Waals surface area contributed by atoms with Gasteiger partial charge in [0.1, 0.15) is 6.56 Å². The lowest BCUT2D eigenvalue weighted by Crippen LogP contribution is -2.28. The van der Waals surface area contributed by atoms with Crippen LogP contribution in [0.15, 0.2) is 36.5 Å². The fourth-order valence-corrected chi connectivity index (χ4v) is 4.81. The fourth-order valence-electron chi connectivity index (χ4n) is 4.81. The first-order valence-electron chi connectivity index (χ1n) is 20.5. The van der Waals surface area contributed by atoms with Crippen molar-refractivity contribution in [1.29, 1.82) is 0 Å². The molecule has 0 aromatic rings. The summed E-state index contributed by atoms with van der Waals surface area (Å²) in [6.45, 7) is -2.59. The van der Waals surface area contributed by atoms with Crippen molar-refractivity contribution in [2.45, 2.75) is 187 Å². The van der Waals surface area contributed by atoms with Gasteiger partial charge >= 0.3 is 11.9 Å². The molecule has 1 atom stereocenters. The third-order valence-corrected chi connectivity index (χ3v) is 7.55. The van der Waals surface area contributed by atoms with E-state index in [-0.39, 0.29) is 12.8 Å². The van der Waals surface area contributed by atoms with E-state index in [1.54, 1.807) is 0 Å². The Labute approximate surface area is 279 Å². The molecule has 0 aromatic carbocycles. The van der Waals surface area contributed by atoms with Crippen molar-refractivity contribution in [3.05, 3.63) is 36.5 Å². The Kier molecular flexibility index (Phi) is 27.1. The first-order valence-corrected chi connectivity index (χ1v) is 18.0. The van der Waals surface area contributed by atoms with Crippen LogP contribution in [0.3, 0.4) is 0 Å². The molecule has 0 fully saturated rings. The van der Waals surface area contributed by atoms with Crippen molar-refractivity contribution in [1.82, 2.24) is 0 Å². The summed E-state index contributed by atoms with van der Waals surface area (Å²) < 4.78 is 49.3. The van der Waals surface area contributed by atoms with E-state index in [2.05, 4.69) is 50.3 Å². The molecule has 44 heavy (non-hydrogen) atoms. The lowest BCUT2D eigenvalue weighted by molar-refractivity contribution is -0.161. The number of hydrogen-bond donors (Lipinski definition) is 1. The number of allylic oxidation sites excluding steroid dienone is 6. The molecule has 0 aliphatic rings. The highest BCUT2D eigenvalue weighted by Crippen LogP contribution is 2.12. The molecule has 0 spiro atoms. The summed E-state index contributed by atoms with van der Waals surface area (Å²) in [4.78, 5) is 24.8. The molecule has 0 aliphatic heterocycles. The number of carbonyl (C=O) groups is 2. The Morgan fingerprint density at radius 3 is 1.48 bits per heavy atom. The molecule has 0 aliphatic carbocycles. The van der Waals surface area contributed by atoms with Gasteiger partial charge in [0.2, 0.25) is 0 Å². The average Bonchev–Trinajstić information content (AvgIpc) is 3.03. The maximum Gasteiger partial charge on any atom is 0.306 e. The van der Waals surface area contributed by atoms with E-state index >= 15 is 0 Å². The van der Waals surface area contributed by atoms with Crippen LogP contribution in [0.4, 0.5) is 0 Å². The molecular formula is C39H70O5. The van der Waals surface area contributed by atoms with Crippen LogP contribution in [0.25, 0.3) is 0 Å². The topological polar surface area (TPSA) is 72.8 Å². The first-order chi connectivity index (χ1) is 23.4. The van der Waals surface area contributed by atoms with Crippen LogP contribution in [0.1, 0.15) is 188 Å². The van der Waals surface area contributed by atoms with E-state index in [0.717, 1.165) is 83.5 Å². The molecule has 5 heteroatoms. The third-order valence-electron chi connectivity index (χ3n) is 7.55. The standard InChI is InChI=1S/C39H70O5/c1-3-5-7-9-11-13-15-17-19-21-23-25-27-29-31-33-38(41)43-36-37(35-40)44-39(42)34-32-30-28-26-24-22-20-18-16-14-12-10-8-6-4-2/h11,13,17-20,37,40H,3-10,12,14-16,21-36H2,1-2H3/b13-11-,19-17-,20-18-/i35D2,36D2,37D. The van der Waals surface area contributed by atoms with Gasteiger partial charge in [-0.3, -0.25) is 9.59 Å². The number of esters is 2. The molecular weight excluding hydrogens is 548 g/mol. The molecule has 0 bridgehead atoms. The zero-order valence-corrected chi connectivity index (χ0v) is 28.4. The first kappa shape index (κ1) is 33.5. The summed E-state index contributed by atoms with van der Waals surface area (Å²) in [5.41, 5.74) is 0. The summed E-state index contributed by atoms with van der Waals surface area (Å²) in [6, 6.07) is 0. The summed E-state index contributed by atoms with van der Waals surface area (Å²) in [6.07, 6.45) is 34.6. The molecule has 0 amide bonds. The van der Waals surface area contributed by atoms with E-state index in [1.807, 2.05) is 0 Å². The van der Waals surface area contributed by atoms with Gasteiger partial charge in [-0.25, -0.2) is 0 Å². The van der Waals surface area contributed by atoms with Crippen molar-refractivity contribution < 1.29 is 31.0 Å². The van der Waals surface area contributed by atoms with Gasteiger partial charge in [-0.2, -0.15) is 0 Å². The van der Waals surface area contributed by atoms with E-state index in [9.17, 15) is 14.7 Å². The van der Waals surface area contributed by atoms with Gasteiger partial charge < -0.3 is 14.6 Å². The average molecular weight is 624 g/mol. The van der Waals surface area contributed by atoms with E-state index in [1.165, 1.54) is 57.8 Å². The van der Waals surface area contributed by atoms with Crippen molar-refractivity contribution in [3.63, 3.8) is 0 Å². The van der Waals surface area contributed by atoms with Gasteiger partial charge in [0.15, 0.2) is 6.08 Å². The van der Waals surface area contributed by atoms with Crippen LogP contribution in [-0.2, 0) is 19.1 Å². The second kappa shape index (κ2) is 35.6. The minimum absolute atomic E-state index is 0.128. The van der Waals surface area contributed by atoms with Crippen molar-refractivity contribution in [3.8, 4) is 0 Å². The molecule has 1 N–H and O–H groups in total. The number of rotatable bonds is 33. The molecule has 256 valence electrons. The number of ether oxygens (including phenoxy) is 2. The number of aliphatic hydroxyl groups is 1. The van der Waals surface area contributed by atoms with Crippen LogP contribution < -0.4 is 0 Å².